The molecule has 0 saturated heterocycles. The third kappa shape index (κ3) is 6.19. The third-order valence-electron chi connectivity index (χ3n) is 3.95. The van der Waals surface area contributed by atoms with Crippen molar-refractivity contribution < 1.29 is 4.79 Å². The van der Waals surface area contributed by atoms with E-state index < -0.39 is 0 Å². The number of nitrogens with zero attached hydrogens (tertiary/aromatic N) is 3. The van der Waals surface area contributed by atoms with E-state index in [1.165, 1.54) is 0 Å². The highest BCUT2D eigenvalue weighted by Crippen LogP contribution is 2.15. The maximum absolute atomic E-state index is 12.2. The third-order valence-corrected chi connectivity index (χ3v) is 4.48. The summed E-state index contributed by atoms with van der Waals surface area (Å²) in [7, 11) is 3.92. The van der Waals surface area contributed by atoms with Crippen molar-refractivity contribution in [2.75, 3.05) is 26.7 Å². The Bertz CT molecular complexity index is 803. The summed E-state index contributed by atoms with van der Waals surface area (Å²) in [6.07, 6.45) is 1.87. The highest BCUT2D eigenvalue weighted by atomic mass is 35.5. The number of carbonyl (C=O) groups is 1. The molecule has 0 aliphatic rings. The van der Waals surface area contributed by atoms with E-state index in [0.29, 0.717) is 35.2 Å². The molecule has 0 aliphatic carbocycles. The van der Waals surface area contributed by atoms with Gasteiger partial charge in [-0.1, -0.05) is 35.3 Å². The Balaban J connectivity index is 1.91. The number of nitrogens with one attached hydrogen (secondary N) is 2. The van der Waals surface area contributed by atoms with Crippen LogP contribution in [-0.2, 0) is 13.6 Å². The molecule has 0 spiro atoms. The molecule has 6 nitrogen and oxygen atoms in total. The van der Waals surface area contributed by atoms with Crippen LogP contribution in [-0.4, -0.2) is 48.0 Å². The first-order valence-electron chi connectivity index (χ1n) is 8.75. The Labute approximate surface area is 170 Å². The highest BCUT2D eigenvalue weighted by Gasteiger charge is 2.11. The molecule has 0 aliphatic heterocycles. The van der Waals surface area contributed by atoms with E-state index in [0.717, 1.165) is 18.2 Å². The van der Waals surface area contributed by atoms with Crippen molar-refractivity contribution in [1.82, 2.24) is 20.1 Å². The van der Waals surface area contributed by atoms with Gasteiger partial charge in [0.1, 0.15) is 0 Å². The van der Waals surface area contributed by atoms with E-state index in [1.807, 2.05) is 42.7 Å². The summed E-state index contributed by atoms with van der Waals surface area (Å²) in [5.74, 6) is 0.564. The number of aryl methyl sites for hydroxylation is 1. The minimum atomic E-state index is -0.201. The zero-order chi connectivity index (χ0) is 19.8. The topological polar surface area (TPSA) is 61.7 Å². The quantitative estimate of drug-likeness (QED) is 0.419. The minimum Gasteiger partial charge on any atom is -0.357 e. The van der Waals surface area contributed by atoms with Gasteiger partial charge in [0.2, 0.25) is 0 Å². The van der Waals surface area contributed by atoms with Crippen molar-refractivity contribution in [3.63, 3.8) is 0 Å². The molecular weight excluding hydrogens is 385 g/mol. The summed E-state index contributed by atoms with van der Waals surface area (Å²) in [5.41, 5.74) is 1.55. The summed E-state index contributed by atoms with van der Waals surface area (Å²) in [4.78, 5) is 18.8. The molecule has 8 heteroatoms. The number of aliphatic imine (C=N–C) groups is 1. The number of hydrogen-bond acceptors (Lipinski definition) is 2. The van der Waals surface area contributed by atoms with Crippen LogP contribution in [0.2, 0.25) is 10.0 Å². The van der Waals surface area contributed by atoms with Crippen LogP contribution in [0.5, 0.6) is 0 Å². The van der Waals surface area contributed by atoms with Crippen LogP contribution in [0.1, 0.15) is 23.0 Å². The van der Waals surface area contributed by atoms with E-state index in [1.54, 1.807) is 24.3 Å². The largest absolute Gasteiger partial charge is 0.357 e. The number of halogens is 2. The molecule has 146 valence electrons. The van der Waals surface area contributed by atoms with Crippen LogP contribution in [0.3, 0.4) is 0 Å². The summed E-state index contributed by atoms with van der Waals surface area (Å²) >= 11 is 12.1. The molecule has 0 bridgehead atoms. The van der Waals surface area contributed by atoms with Gasteiger partial charge in [-0.15, -0.1) is 0 Å². The van der Waals surface area contributed by atoms with Crippen LogP contribution in [0.15, 0.2) is 41.5 Å². The maximum Gasteiger partial charge on any atom is 0.252 e. The van der Waals surface area contributed by atoms with Crippen molar-refractivity contribution in [1.29, 1.82) is 0 Å². The smallest absolute Gasteiger partial charge is 0.252 e. The van der Waals surface area contributed by atoms with Gasteiger partial charge in [-0.05, 0) is 25.1 Å². The summed E-state index contributed by atoms with van der Waals surface area (Å²) < 4.78 is 1.99. The summed E-state index contributed by atoms with van der Waals surface area (Å²) in [6, 6.07) is 8.91. The van der Waals surface area contributed by atoms with Crippen LogP contribution in [0.25, 0.3) is 0 Å². The lowest BCUT2D eigenvalue weighted by Gasteiger charge is -2.22. The molecule has 1 aromatic heterocycles. The van der Waals surface area contributed by atoms with Gasteiger partial charge in [-0.2, -0.15) is 0 Å². The van der Waals surface area contributed by atoms with Gasteiger partial charge in [0.15, 0.2) is 5.96 Å². The lowest BCUT2D eigenvalue weighted by Crippen LogP contribution is -2.39. The first-order chi connectivity index (χ1) is 12.9. The number of aromatic nitrogens is 1. The molecule has 0 radical (unpaired) electrons. The van der Waals surface area contributed by atoms with Gasteiger partial charge in [0.25, 0.3) is 5.91 Å². The molecule has 0 saturated carbocycles. The lowest BCUT2D eigenvalue weighted by molar-refractivity contribution is 0.0955. The Hall–Kier alpha value is -2.18. The van der Waals surface area contributed by atoms with Crippen LogP contribution >= 0.6 is 23.2 Å². The highest BCUT2D eigenvalue weighted by molar-refractivity contribution is 6.33. The fraction of sp³-hybridized carbons (Fsp3) is 0.368. The molecule has 2 rings (SSSR count). The first kappa shape index (κ1) is 21.1. The van der Waals surface area contributed by atoms with Crippen LogP contribution in [0, 0.1) is 0 Å². The summed E-state index contributed by atoms with van der Waals surface area (Å²) in [6.45, 7) is 4.31. The first-order valence-corrected chi connectivity index (χ1v) is 9.51. The molecule has 0 fully saturated rings. The Kier molecular flexibility index (Phi) is 8.00. The number of carbonyl (C=O) groups excluding carboxylic acids is 1. The normalized spacial score (nSPS) is 11.4. The number of hydrogen-bond donors (Lipinski definition) is 2. The number of benzene rings is 1. The van der Waals surface area contributed by atoms with E-state index in [2.05, 4.69) is 15.6 Å². The molecule has 0 atom stereocenters. The van der Waals surface area contributed by atoms with Crippen molar-refractivity contribution in [2.24, 2.45) is 12.0 Å². The summed E-state index contributed by atoms with van der Waals surface area (Å²) in [5, 5.41) is 7.25. The Morgan fingerprint density at radius 2 is 2.00 bits per heavy atom. The van der Waals surface area contributed by atoms with Gasteiger partial charge >= 0.3 is 0 Å². The molecular formula is C19H25Cl2N5O. The minimum absolute atomic E-state index is 0.201. The van der Waals surface area contributed by atoms with E-state index >= 15 is 0 Å². The van der Waals surface area contributed by atoms with Crippen molar-refractivity contribution >= 4 is 35.1 Å². The fourth-order valence-corrected chi connectivity index (χ4v) is 3.08. The monoisotopic (exact) mass is 409 g/mol. The molecule has 2 N–H and O–H groups in total. The Morgan fingerprint density at radius 1 is 1.26 bits per heavy atom. The van der Waals surface area contributed by atoms with Crippen LogP contribution < -0.4 is 10.6 Å². The van der Waals surface area contributed by atoms with Gasteiger partial charge in [0.05, 0.1) is 28.7 Å². The second-order valence-electron chi connectivity index (χ2n) is 6.09. The van der Waals surface area contributed by atoms with Crippen molar-refractivity contribution in [2.45, 2.75) is 13.5 Å². The van der Waals surface area contributed by atoms with Gasteiger partial charge < -0.3 is 20.1 Å². The van der Waals surface area contributed by atoms with Crippen molar-refractivity contribution in [3.8, 4) is 0 Å². The predicted octanol–water partition coefficient (Wildman–Crippen LogP) is 3.16. The standard InChI is InChI=1S/C19H25Cl2N5O/c1-4-22-19(26(3)13-15-11-14(20)12-25(15)2)24-10-9-23-18(27)16-7-5-6-8-17(16)21/h5-8,11-12H,4,9-10,13H2,1-3H3,(H,22,24)(H,23,27). The molecule has 1 heterocycles. The van der Waals surface area contributed by atoms with Gasteiger partial charge in [-0.25, -0.2) is 0 Å². The second kappa shape index (κ2) is 10.2. The van der Waals surface area contributed by atoms with E-state index in [-0.39, 0.29) is 5.91 Å². The van der Waals surface area contributed by atoms with Gasteiger partial charge in [-0.3, -0.25) is 9.79 Å². The number of rotatable bonds is 7. The average molecular weight is 410 g/mol. The van der Waals surface area contributed by atoms with E-state index in [4.69, 9.17) is 23.2 Å². The fourth-order valence-electron chi connectivity index (χ4n) is 2.58. The average Bonchev–Trinajstić information content (AvgIpc) is 2.94. The zero-order valence-corrected chi connectivity index (χ0v) is 17.3. The predicted molar refractivity (Wildman–Crippen MR) is 112 cm³/mol. The van der Waals surface area contributed by atoms with Gasteiger partial charge in [0, 0.05) is 39.1 Å². The van der Waals surface area contributed by atoms with Crippen LogP contribution in [0.4, 0.5) is 0 Å². The lowest BCUT2D eigenvalue weighted by atomic mass is 10.2. The second-order valence-corrected chi connectivity index (χ2v) is 6.93. The van der Waals surface area contributed by atoms with E-state index in [9.17, 15) is 4.79 Å². The van der Waals surface area contributed by atoms with Crippen molar-refractivity contribution in [3.05, 3.63) is 57.8 Å². The Morgan fingerprint density at radius 3 is 2.63 bits per heavy atom. The molecule has 1 aromatic carbocycles. The molecule has 2 aromatic rings. The number of amides is 1. The SMILES string of the molecule is CCNC(=NCCNC(=O)c1ccccc1Cl)N(C)Cc1cc(Cl)cn1C. The zero-order valence-electron chi connectivity index (χ0n) is 15.8. The molecule has 1 amide bonds. The molecule has 0 unspecified atom stereocenters. The number of guanidine groups is 1. The maximum atomic E-state index is 12.2. The molecule has 27 heavy (non-hydrogen) atoms.